The van der Waals surface area contributed by atoms with E-state index in [1.165, 1.54) is 5.56 Å². The number of fused-ring (bicyclic) bond motifs is 1. The number of rotatable bonds is 5. The Bertz CT molecular complexity index is 503. The zero-order chi connectivity index (χ0) is 14.0. The van der Waals surface area contributed by atoms with Gasteiger partial charge in [0.1, 0.15) is 0 Å². The first kappa shape index (κ1) is 14.4. The van der Waals surface area contributed by atoms with Crippen molar-refractivity contribution in [3.05, 3.63) is 45.9 Å². The molecule has 0 nitrogen and oxygen atoms in total. The Hall–Kier alpha value is -1.04. The molecule has 1 aliphatic rings. The molecule has 0 fully saturated rings. The summed E-state index contributed by atoms with van der Waals surface area (Å²) in [6.07, 6.45) is 8.23. The number of allylic oxidation sites excluding steroid dienone is 2. The zero-order valence-electron chi connectivity index (χ0n) is 13.2. The van der Waals surface area contributed by atoms with Crippen LogP contribution in [0.3, 0.4) is 0 Å². The lowest BCUT2D eigenvalue weighted by Gasteiger charge is -2.18. The standard InChI is InChI=1S/C19H27/c1-6-13-11-15-12-14(7-2)17(9-4)19(15)18(10-5)16(13)8-3/h11-12H,6-10H2,1-5H3. The van der Waals surface area contributed by atoms with Crippen molar-refractivity contribution in [1.29, 1.82) is 0 Å². The van der Waals surface area contributed by atoms with Crippen LogP contribution in [0.15, 0.2) is 11.6 Å². The minimum Gasteiger partial charge on any atom is -0.0616 e. The number of benzene rings is 1. The molecule has 0 heterocycles. The molecule has 19 heavy (non-hydrogen) atoms. The molecular weight excluding hydrogens is 228 g/mol. The SMILES string of the molecule is CCC1=C(CC)c2c(cc(CC)c(CC)c2CC)[CH]1. The van der Waals surface area contributed by atoms with E-state index in [1.54, 1.807) is 33.4 Å². The van der Waals surface area contributed by atoms with E-state index >= 15 is 0 Å². The van der Waals surface area contributed by atoms with Gasteiger partial charge in [0.25, 0.3) is 0 Å². The second-order valence-corrected chi connectivity index (χ2v) is 5.37. The van der Waals surface area contributed by atoms with Crippen molar-refractivity contribution in [2.24, 2.45) is 0 Å². The topological polar surface area (TPSA) is 0 Å². The van der Waals surface area contributed by atoms with Crippen LogP contribution in [0.4, 0.5) is 0 Å². The average Bonchev–Trinajstić information content (AvgIpc) is 2.81. The smallest absolute Gasteiger partial charge is 0.0167 e. The molecule has 1 aromatic carbocycles. The molecule has 0 saturated heterocycles. The van der Waals surface area contributed by atoms with Crippen LogP contribution in [-0.2, 0) is 19.3 Å². The van der Waals surface area contributed by atoms with E-state index in [0.29, 0.717) is 0 Å². The molecule has 0 aliphatic heterocycles. The molecule has 0 saturated carbocycles. The van der Waals surface area contributed by atoms with E-state index in [2.05, 4.69) is 47.1 Å². The average molecular weight is 255 g/mol. The van der Waals surface area contributed by atoms with Crippen LogP contribution < -0.4 is 0 Å². The third kappa shape index (κ3) is 2.26. The fourth-order valence-corrected chi connectivity index (χ4v) is 3.64. The van der Waals surface area contributed by atoms with Crippen LogP contribution in [0, 0.1) is 6.42 Å². The van der Waals surface area contributed by atoms with Gasteiger partial charge in [-0.15, -0.1) is 0 Å². The van der Waals surface area contributed by atoms with Gasteiger partial charge in [-0.1, -0.05) is 46.3 Å². The maximum absolute atomic E-state index is 2.45. The van der Waals surface area contributed by atoms with Gasteiger partial charge >= 0.3 is 0 Å². The van der Waals surface area contributed by atoms with Crippen molar-refractivity contribution < 1.29 is 0 Å². The Morgan fingerprint density at radius 2 is 1.42 bits per heavy atom. The molecule has 0 N–H and O–H groups in total. The van der Waals surface area contributed by atoms with Crippen LogP contribution in [0.5, 0.6) is 0 Å². The van der Waals surface area contributed by atoms with Gasteiger partial charge in [0.05, 0.1) is 0 Å². The number of hydrogen-bond acceptors (Lipinski definition) is 0. The molecule has 0 aromatic heterocycles. The van der Waals surface area contributed by atoms with E-state index in [9.17, 15) is 0 Å². The molecule has 0 amide bonds. The number of aryl methyl sites for hydroxylation is 1. The van der Waals surface area contributed by atoms with Gasteiger partial charge in [0, 0.05) is 6.42 Å². The predicted octanol–water partition coefficient (Wildman–Crippen LogP) is 5.51. The summed E-state index contributed by atoms with van der Waals surface area (Å²) in [5, 5.41) is 0. The Morgan fingerprint density at radius 3 is 1.89 bits per heavy atom. The maximum atomic E-state index is 2.45. The summed E-state index contributed by atoms with van der Waals surface area (Å²) in [7, 11) is 0. The van der Waals surface area contributed by atoms with Crippen molar-refractivity contribution in [3.63, 3.8) is 0 Å². The van der Waals surface area contributed by atoms with Gasteiger partial charge in [-0.25, -0.2) is 0 Å². The second kappa shape index (κ2) is 5.94. The molecule has 2 rings (SSSR count). The molecule has 0 bridgehead atoms. The lowest BCUT2D eigenvalue weighted by atomic mass is 9.86. The maximum Gasteiger partial charge on any atom is 0.0167 e. The van der Waals surface area contributed by atoms with Gasteiger partial charge in [-0.05, 0) is 65.5 Å². The van der Waals surface area contributed by atoms with Crippen LogP contribution in [0.1, 0.15) is 75.3 Å². The molecule has 1 radical (unpaired) electrons. The summed E-state index contributed by atoms with van der Waals surface area (Å²) in [6, 6.07) is 2.45. The van der Waals surface area contributed by atoms with Crippen LogP contribution in [0.25, 0.3) is 5.57 Å². The monoisotopic (exact) mass is 255 g/mol. The first-order valence-corrected chi connectivity index (χ1v) is 7.96. The summed E-state index contributed by atoms with van der Waals surface area (Å²) in [5.41, 5.74) is 11.0. The quantitative estimate of drug-likeness (QED) is 0.650. The third-order valence-corrected chi connectivity index (χ3v) is 4.51. The Kier molecular flexibility index (Phi) is 4.50. The molecule has 0 heteroatoms. The van der Waals surface area contributed by atoms with E-state index in [0.717, 1.165) is 32.1 Å². The largest absolute Gasteiger partial charge is 0.0616 e. The molecular formula is C19H27. The van der Waals surface area contributed by atoms with E-state index in [4.69, 9.17) is 0 Å². The Balaban J connectivity index is 2.69. The van der Waals surface area contributed by atoms with E-state index in [-0.39, 0.29) is 0 Å². The lowest BCUT2D eigenvalue weighted by Crippen LogP contribution is -2.03. The summed E-state index contributed by atoms with van der Waals surface area (Å²) >= 11 is 0. The van der Waals surface area contributed by atoms with Crippen molar-refractivity contribution in [1.82, 2.24) is 0 Å². The molecule has 1 aliphatic carbocycles. The highest BCUT2D eigenvalue weighted by molar-refractivity contribution is 5.83. The van der Waals surface area contributed by atoms with E-state index < -0.39 is 0 Å². The Labute approximate surface area is 118 Å². The third-order valence-electron chi connectivity index (χ3n) is 4.51. The molecule has 0 unspecified atom stereocenters. The molecule has 0 atom stereocenters. The van der Waals surface area contributed by atoms with Crippen LogP contribution in [0.2, 0.25) is 0 Å². The summed E-state index contributed by atoms with van der Waals surface area (Å²) < 4.78 is 0. The summed E-state index contributed by atoms with van der Waals surface area (Å²) in [5.74, 6) is 0. The van der Waals surface area contributed by atoms with Gasteiger partial charge in [-0.3, -0.25) is 0 Å². The Morgan fingerprint density at radius 1 is 0.737 bits per heavy atom. The van der Waals surface area contributed by atoms with Gasteiger partial charge in [0.15, 0.2) is 0 Å². The zero-order valence-corrected chi connectivity index (χ0v) is 13.2. The first-order valence-electron chi connectivity index (χ1n) is 7.96. The highest BCUT2D eigenvalue weighted by Crippen LogP contribution is 2.42. The summed E-state index contributed by atoms with van der Waals surface area (Å²) in [4.78, 5) is 0. The lowest BCUT2D eigenvalue weighted by molar-refractivity contribution is 0.971. The van der Waals surface area contributed by atoms with Crippen molar-refractivity contribution in [2.75, 3.05) is 0 Å². The van der Waals surface area contributed by atoms with Gasteiger partial charge in [-0.2, -0.15) is 0 Å². The van der Waals surface area contributed by atoms with Crippen molar-refractivity contribution >= 4 is 5.57 Å². The fourth-order valence-electron chi connectivity index (χ4n) is 3.64. The molecule has 0 spiro atoms. The highest BCUT2D eigenvalue weighted by atomic mass is 14.3. The first-order chi connectivity index (χ1) is 9.21. The normalized spacial score (nSPS) is 14.2. The van der Waals surface area contributed by atoms with Crippen molar-refractivity contribution in [3.8, 4) is 0 Å². The van der Waals surface area contributed by atoms with Crippen molar-refractivity contribution in [2.45, 2.75) is 66.7 Å². The summed E-state index contributed by atoms with van der Waals surface area (Å²) in [6.45, 7) is 11.5. The van der Waals surface area contributed by atoms with Crippen LogP contribution in [-0.4, -0.2) is 0 Å². The fraction of sp³-hybridized carbons (Fsp3) is 0.526. The number of hydrogen-bond donors (Lipinski definition) is 0. The second-order valence-electron chi connectivity index (χ2n) is 5.37. The highest BCUT2D eigenvalue weighted by Gasteiger charge is 2.24. The molecule has 103 valence electrons. The van der Waals surface area contributed by atoms with Gasteiger partial charge in [0.2, 0.25) is 0 Å². The predicted molar refractivity (Wildman–Crippen MR) is 85.5 cm³/mol. The molecule has 1 aromatic rings. The minimum atomic E-state index is 1.15. The minimum absolute atomic E-state index is 1.15. The van der Waals surface area contributed by atoms with Gasteiger partial charge < -0.3 is 0 Å². The van der Waals surface area contributed by atoms with Crippen LogP contribution >= 0.6 is 0 Å². The van der Waals surface area contributed by atoms with E-state index in [1.807, 2.05) is 0 Å².